The molecule has 0 bridgehead atoms. The number of nitrogens with zero attached hydrogens (tertiary/aromatic N) is 2. The van der Waals surface area contributed by atoms with E-state index >= 15 is 0 Å². The molecule has 0 aliphatic rings. The Kier molecular flexibility index (Phi) is 5.55. The summed E-state index contributed by atoms with van der Waals surface area (Å²) < 4.78 is 30.7. The molecule has 1 aromatic heterocycles. The highest BCUT2D eigenvalue weighted by Crippen LogP contribution is 2.22. The molecule has 1 aromatic carbocycles. The Balaban J connectivity index is 2.54. The number of hydrogen-bond acceptors (Lipinski definition) is 6. The first-order valence-corrected chi connectivity index (χ1v) is 9.97. The zero-order chi connectivity index (χ0) is 17.9. The molecule has 0 aliphatic heterocycles. The van der Waals surface area contributed by atoms with Crippen molar-refractivity contribution in [2.45, 2.75) is 31.7 Å². The molecule has 0 saturated heterocycles. The molecule has 0 fully saturated rings. The highest BCUT2D eigenvalue weighted by Gasteiger charge is 2.13. The lowest BCUT2D eigenvalue weighted by atomic mass is 10.3. The molecule has 1 heterocycles. The maximum atomic E-state index is 11.7. The van der Waals surface area contributed by atoms with Crippen LogP contribution in [0.5, 0.6) is 0 Å². The van der Waals surface area contributed by atoms with E-state index in [1.807, 2.05) is 0 Å². The van der Waals surface area contributed by atoms with Crippen molar-refractivity contribution in [1.29, 1.82) is 0 Å². The largest absolute Gasteiger partial charge is 0.466 e. The summed E-state index contributed by atoms with van der Waals surface area (Å²) >= 11 is 1.21. The van der Waals surface area contributed by atoms with E-state index in [0.29, 0.717) is 22.7 Å². The Hall–Kier alpha value is -2.00. The molecule has 0 radical (unpaired) electrons. The van der Waals surface area contributed by atoms with E-state index < -0.39 is 9.84 Å². The van der Waals surface area contributed by atoms with E-state index in [9.17, 15) is 18.0 Å². The van der Waals surface area contributed by atoms with Crippen LogP contribution in [0.3, 0.4) is 0 Å². The Bertz CT molecular complexity index is 954. The number of fused-ring (bicyclic) bond motifs is 1. The Morgan fingerprint density at radius 1 is 1.33 bits per heavy atom. The van der Waals surface area contributed by atoms with Crippen molar-refractivity contribution >= 4 is 43.3 Å². The Labute approximate surface area is 143 Å². The molecule has 0 spiro atoms. The van der Waals surface area contributed by atoms with Gasteiger partial charge >= 0.3 is 5.97 Å². The molecule has 0 unspecified atom stereocenters. The fourth-order valence-electron chi connectivity index (χ4n) is 2.16. The summed E-state index contributed by atoms with van der Waals surface area (Å²) in [7, 11) is -3.33. The molecule has 0 N–H and O–H groups in total. The highest BCUT2D eigenvalue weighted by atomic mass is 32.2. The quantitative estimate of drug-likeness (QED) is 0.744. The van der Waals surface area contributed by atoms with E-state index in [4.69, 9.17) is 4.74 Å². The molecule has 2 aromatic rings. The molecule has 24 heavy (non-hydrogen) atoms. The molecule has 0 atom stereocenters. The summed E-state index contributed by atoms with van der Waals surface area (Å²) in [6, 6.07) is 4.71. The van der Waals surface area contributed by atoms with Crippen LogP contribution in [0.1, 0.15) is 20.3 Å². The van der Waals surface area contributed by atoms with Crippen LogP contribution in [-0.2, 0) is 30.7 Å². The van der Waals surface area contributed by atoms with Crippen molar-refractivity contribution in [2.75, 3.05) is 12.9 Å². The summed E-state index contributed by atoms with van der Waals surface area (Å²) in [4.78, 5) is 27.5. The van der Waals surface area contributed by atoms with Crippen molar-refractivity contribution in [1.82, 2.24) is 4.57 Å². The summed E-state index contributed by atoms with van der Waals surface area (Å²) in [5.41, 5.74) is 0.719. The van der Waals surface area contributed by atoms with Crippen LogP contribution in [0.25, 0.3) is 10.2 Å². The van der Waals surface area contributed by atoms with E-state index in [1.165, 1.54) is 24.3 Å². The summed E-state index contributed by atoms with van der Waals surface area (Å²) in [5.74, 6) is -0.708. The average molecular weight is 370 g/mol. The SMILES string of the molecule is CCOC(=O)CCn1c(=NC(C)=O)sc2cc(S(C)(=O)=O)ccc21. The average Bonchev–Trinajstić information content (AvgIpc) is 2.80. The minimum absolute atomic E-state index is 0.137. The van der Waals surface area contributed by atoms with E-state index in [0.717, 1.165) is 11.8 Å². The second-order valence-electron chi connectivity index (χ2n) is 5.12. The normalized spacial score (nSPS) is 12.5. The van der Waals surface area contributed by atoms with Gasteiger partial charge in [-0.3, -0.25) is 9.59 Å². The van der Waals surface area contributed by atoms with Gasteiger partial charge in [0.1, 0.15) is 0 Å². The van der Waals surface area contributed by atoms with Gasteiger partial charge < -0.3 is 9.30 Å². The van der Waals surface area contributed by atoms with E-state index in [-0.39, 0.29) is 23.2 Å². The summed E-state index contributed by atoms with van der Waals surface area (Å²) in [6.45, 7) is 3.66. The topological polar surface area (TPSA) is 94.8 Å². The number of aromatic nitrogens is 1. The van der Waals surface area contributed by atoms with Crippen LogP contribution in [0.2, 0.25) is 0 Å². The van der Waals surface area contributed by atoms with Crippen molar-refractivity contribution < 1.29 is 22.7 Å². The first kappa shape index (κ1) is 18.3. The Morgan fingerprint density at radius 2 is 2.04 bits per heavy atom. The third-order valence-corrected chi connectivity index (χ3v) is 5.33. The lowest BCUT2D eigenvalue weighted by Gasteiger charge is -2.05. The predicted octanol–water partition coefficient (Wildman–Crippen LogP) is 1.51. The zero-order valence-corrected chi connectivity index (χ0v) is 15.2. The van der Waals surface area contributed by atoms with Gasteiger partial charge in [-0.1, -0.05) is 11.3 Å². The third-order valence-electron chi connectivity index (χ3n) is 3.18. The fourth-order valence-corrected chi connectivity index (χ4v) is 4.02. The molecule has 0 saturated carbocycles. The number of esters is 1. The van der Waals surface area contributed by atoms with Crippen LogP contribution in [-0.4, -0.2) is 37.7 Å². The van der Waals surface area contributed by atoms with Crippen molar-refractivity contribution in [3.05, 3.63) is 23.0 Å². The van der Waals surface area contributed by atoms with Gasteiger partial charge in [-0.15, -0.1) is 0 Å². The second-order valence-corrected chi connectivity index (χ2v) is 8.15. The van der Waals surface area contributed by atoms with Crippen LogP contribution >= 0.6 is 11.3 Å². The molecular formula is C15H18N2O5S2. The van der Waals surface area contributed by atoms with Gasteiger partial charge in [-0.05, 0) is 25.1 Å². The number of benzene rings is 1. The zero-order valence-electron chi connectivity index (χ0n) is 13.6. The molecule has 2 rings (SSSR count). The fraction of sp³-hybridized carbons (Fsp3) is 0.400. The minimum Gasteiger partial charge on any atom is -0.466 e. The number of sulfone groups is 1. The van der Waals surface area contributed by atoms with Crippen molar-refractivity contribution in [3.8, 4) is 0 Å². The molecule has 0 aliphatic carbocycles. The van der Waals surface area contributed by atoms with E-state index in [1.54, 1.807) is 23.6 Å². The lowest BCUT2D eigenvalue weighted by molar-refractivity contribution is -0.143. The van der Waals surface area contributed by atoms with E-state index in [2.05, 4.69) is 4.99 Å². The number of thiazole rings is 1. The van der Waals surface area contributed by atoms with Gasteiger partial charge in [0.2, 0.25) is 5.91 Å². The highest BCUT2D eigenvalue weighted by molar-refractivity contribution is 7.90. The Morgan fingerprint density at radius 3 is 2.62 bits per heavy atom. The standard InChI is InChI=1S/C15H18N2O5S2/c1-4-22-14(19)7-8-17-12-6-5-11(24(3,20)21)9-13(12)23-15(17)16-10(2)18/h5-6,9H,4,7-8H2,1-3H3. The first-order chi connectivity index (χ1) is 11.2. The first-order valence-electron chi connectivity index (χ1n) is 7.26. The number of rotatable bonds is 5. The number of carbonyl (C=O) groups excluding carboxylic acids is 2. The van der Waals surface area contributed by atoms with Crippen molar-refractivity contribution in [2.24, 2.45) is 4.99 Å². The molecule has 130 valence electrons. The maximum Gasteiger partial charge on any atom is 0.307 e. The molecule has 7 nitrogen and oxygen atoms in total. The van der Waals surface area contributed by atoms with Crippen LogP contribution in [0.4, 0.5) is 0 Å². The predicted molar refractivity (Wildman–Crippen MR) is 90.4 cm³/mol. The van der Waals surface area contributed by atoms with Crippen LogP contribution < -0.4 is 4.80 Å². The molecule has 9 heteroatoms. The monoisotopic (exact) mass is 370 g/mol. The number of carbonyl (C=O) groups is 2. The molecule has 1 amide bonds. The maximum absolute atomic E-state index is 11.7. The smallest absolute Gasteiger partial charge is 0.307 e. The van der Waals surface area contributed by atoms with Crippen LogP contribution in [0, 0.1) is 0 Å². The number of ether oxygens (including phenoxy) is 1. The van der Waals surface area contributed by atoms with Gasteiger partial charge in [0.15, 0.2) is 14.6 Å². The van der Waals surface area contributed by atoms with Gasteiger partial charge in [-0.25, -0.2) is 8.42 Å². The number of aryl methyl sites for hydroxylation is 1. The second kappa shape index (κ2) is 7.27. The molecular weight excluding hydrogens is 352 g/mol. The number of amides is 1. The summed E-state index contributed by atoms with van der Waals surface area (Å²) in [5, 5.41) is 0. The number of hydrogen-bond donors (Lipinski definition) is 0. The van der Waals surface area contributed by atoms with Gasteiger partial charge in [-0.2, -0.15) is 4.99 Å². The summed E-state index contributed by atoms with van der Waals surface area (Å²) in [6.07, 6.45) is 1.27. The lowest BCUT2D eigenvalue weighted by Crippen LogP contribution is -2.19. The van der Waals surface area contributed by atoms with Gasteiger partial charge in [0.05, 0.1) is 28.1 Å². The van der Waals surface area contributed by atoms with Gasteiger partial charge in [0.25, 0.3) is 0 Å². The van der Waals surface area contributed by atoms with Gasteiger partial charge in [0, 0.05) is 19.7 Å². The van der Waals surface area contributed by atoms with Crippen LogP contribution in [0.15, 0.2) is 28.1 Å². The third kappa shape index (κ3) is 4.30. The minimum atomic E-state index is -3.33. The van der Waals surface area contributed by atoms with Crippen molar-refractivity contribution in [3.63, 3.8) is 0 Å².